The van der Waals surface area contributed by atoms with Gasteiger partial charge in [-0.05, 0) is 44.4 Å². The Balaban J connectivity index is 1.69. The van der Waals surface area contributed by atoms with Crippen LogP contribution in [0.4, 0.5) is 0 Å². The third-order valence-corrected chi connectivity index (χ3v) is 7.55. The Morgan fingerprint density at radius 3 is 2.44 bits per heavy atom. The molecular weight excluding hydrogens is 448 g/mol. The first-order valence-electron chi connectivity index (χ1n) is 11.9. The third-order valence-electron chi connectivity index (χ3n) is 6.57. The molecule has 2 heterocycles. The molecule has 3 rings (SSSR count). The highest BCUT2D eigenvalue weighted by atomic mass is 32.1. The fourth-order valence-electron chi connectivity index (χ4n) is 4.58. The predicted molar refractivity (Wildman–Crippen MR) is 136 cm³/mol. The molecule has 1 aliphatic heterocycles. The number of benzene rings is 1. The summed E-state index contributed by atoms with van der Waals surface area (Å²) in [6, 6.07) is 7.16. The minimum absolute atomic E-state index is 0.107. The van der Waals surface area contributed by atoms with E-state index >= 15 is 0 Å². The van der Waals surface area contributed by atoms with E-state index < -0.39 is 18.2 Å². The van der Waals surface area contributed by atoms with E-state index in [1.807, 2.05) is 69.4 Å². The zero-order valence-corrected chi connectivity index (χ0v) is 22.1. The van der Waals surface area contributed by atoms with Crippen molar-refractivity contribution in [1.29, 1.82) is 0 Å². The fraction of sp³-hybridized carbons (Fsp3) is 0.577. The minimum Gasteiger partial charge on any atom is -0.391 e. The third kappa shape index (κ3) is 5.85. The van der Waals surface area contributed by atoms with E-state index in [2.05, 4.69) is 24.1 Å². The second-order valence-electron chi connectivity index (χ2n) is 10.6. The number of rotatable bonds is 7. The first kappa shape index (κ1) is 26.3. The molecule has 8 heteroatoms. The molecule has 186 valence electrons. The summed E-state index contributed by atoms with van der Waals surface area (Å²) in [6.07, 6.45) is -0.449. The Hall–Kier alpha value is -2.29. The van der Waals surface area contributed by atoms with Crippen LogP contribution >= 0.6 is 11.3 Å². The summed E-state index contributed by atoms with van der Waals surface area (Å²) < 4.78 is 0. The van der Waals surface area contributed by atoms with Gasteiger partial charge in [0.25, 0.3) is 0 Å². The van der Waals surface area contributed by atoms with Crippen molar-refractivity contribution in [1.82, 2.24) is 20.1 Å². The van der Waals surface area contributed by atoms with Crippen LogP contribution in [0.1, 0.15) is 52.3 Å². The number of carbonyl (C=O) groups is 2. The van der Waals surface area contributed by atoms with Gasteiger partial charge in [0.2, 0.25) is 11.8 Å². The molecule has 0 spiro atoms. The maximum atomic E-state index is 13.6. The highest BCUT2D eigenvalue weighted by molar-refractivity contribution is 7.13. The van der Waals surface area contributed by atoms with Crippen molar-refractivity contribution < 1.29 is 14.7 Å². The second kappa shape index (κ2) is 10.5. The maximum Gasteiger partial charge on any atom is 0.243 e. The molecule has 0 aliphatic carbocycles. The standard InChI is InChI=1S/C26H38N4O3S/c1-16(2)29(7)23(26(4,5)6)25(33)30-14-20(31)12-21(30)24(32)27-13-18-8-10-19(11-9-18)22-17(3)28-15-34-22/h8-11,15-16,20-21,23,31H,12-14H2,1-7H3,(H,27,32)/t20-,21+,23-/m1/s1. The summed E-state index contributed by atoms with van der Waals surface area (Å²) in [6.45, 7) is 12.7. The quantitative estimate of drug-likeness (QED) is 0.626. The molecule has 1 saturated heterocycles. The molecule has 1 aromatic heterocycles. The number of aromatic nitrogens is 1. The number of aliphatic hydroxyl groups excluding tert-OH is 1. The number of likely N-dealkylation sites (N-methyl/N-ethyl adjacent to an activating group) is 1. The molecule has 0 saturated carbocycles. The summed E-state index contributed by atoms with van der Waals surface area (Å²) in [5.41, 5.74) is 4.61. The van der Waals surface area contributed by atoms with Crippen LogP contribution in [0.15, 0.2) is 29.8 Å². The van der Waals surface area contributed by atoms with Crippen LogP contribution in [-0.4, -0.2) is 69.5 Å². The van der Waals surface area contributed by atoms with Crippen LogP contribution in [0.2, 0.25) is 0 Å². The number of thiazole rings is 1. The number of aryl methyl sites for hydroxylation is 1. The molecular formula is C26H38N4O3S. The number of hydrogen-bond donors (Lipinski definition) is 2. The van der Waals surface area contributed by atoms with E-state index in [9.17, 15) is 14.7 Å². The Morgan fingerprint density at radius 1 is 1.26 bits per heavy atom. The van der Waals surface area contributed by atoms with Crippen LogP contribution in [0.25, 0.3) is 10.4 Å². The summed E-state index contributed by atoms with van der Waals surface area (Å²) in [7, 11) is 1.94. The lowest BCUT2D eigenvalue weighted by atomic mass is 9.84. The van der Waals surface area contributed by atoms with Crippen molar-refractivity contribution in [2.24, 2.45) is 5.41 Å². The van der Waals surface area contributed by atoms with Crippen molar-refractivity contribution in [3.8, 4) is 10.4 Å². The molecule has 0 bridgehead atoms. The zero-order valence-electron chi connectivity index (χ0n) is 21.3. The molecule has 34 heavy (non-hydrogen) atoms. The summed E-state index contributed by atoms with van der Waals surface area (Å²) in [4.78, 5) is 35.8. The molecule has 2 aromatic rings. The Morgan fingerprint density at radius 2 is 1.91 bits per heavy atom. The molecule has 1 aromatic carbocycles. The number of nitrogens with one attached hydrogen (secondary N) is 1. The second-order valence-corrected chi connectivity index (χ2v) is 11.5. The Labute approximate surface area is 207 Å². The van der Waals surface area contributed by atoms with Gasteiger partial charge < -0.3 is 15.3 Å². The van der Waals surface area contributed by atoms with Crippen LogP contribution in [0.3, 0.4) is 0 Å². The van der Waals surface area contributed by atoms with E-state index in [4.69, 9.17) is 0 Å². The van der Waals surface area contributed by atoms with Crippen molar-refractivity contribution in [3.63, 3.8) is 0 Å². The molecule has 2 amide bonds. The number of likely N-dealkylation sites (tertiary alicyclic amines) is 1. The Bertz CT molecular complexity index is 996. The van der Waals surface area contributed by atoms with Gasteiger partial charge in [-0.3, -0.25) is 14.5 Å². The lowest BCUT2D eigenvalue weighted by Gasteiger charge is -2.41. The fourth-order valence-corrected chi connectivity index (χ4v) is 5.39. The van der Waals surface area contributed by atoms with Crippen LogP contribution < -0.4 is 5.32 Å². The van der Waals surface area contributed by atoms with Crippen LogP contribution in [-0.2, 0) is 16.1 Å². The van der Waals surface area contributed by atoms with E-state index in [0.717, 1.165) is 21.7 Å². The van der Waals surface area contributed by atoms with E-state index in [-0.39, 0.29) is 36.2 Å². The number of aliphatic hydroxyl groups is 1. The highest BCUT2D eigenvalue weighted by Gasteiger charge is 2.45. The van der Waals surface area contributed by atoms with Crippen LogP contribution in [0.5, 0.6) is 0 Å². The average molecular weight is 487 g/mol. The van der Waals surface area contributed by atoms with Gasteiger partial charge in [0.05, 0.1) is 28.2 Å². The zero-order chi connectivity index (χ0) is 25.2. The first-order valence-corrected chi connectivity index (χ1v) is 12.8. The number of β-amino-alcohol motifs (C(OH)–C–C–N with tert-alkyl or cyclic N) is 1. The molecule has 7 nitrogen and oxygen atoms in total. The monoisotopic (exact) mass is 486 g/mol. The number of hydrogen-bond acceptors (Lipinski definition) is 6. The lowest BCUT2D eigenvalue weighted by molar-refractivity contribution is -0.146. The van der Waals surface area contributed by atoms with Gasteiger partial charge in [0, 0.05) is 25.6 Å². The van der Waals surface area contributed by atoms with Crippen molar-refractivity contribution >= 4 is 23.2 Å². The maximum absolute atomic E-state index is 13.6. The molecule has 1 fully saturated rings. The Kier molecular flexibility index (Phi) is 8.16. The summed E-state index contributed by atoms with van der Waals surface area (Å²) >= 11 is 1.61. The lowest BCUT2D eigenvalue weighted by Crippen LogP contribution is -2.58. The highest BCUT2D eigenvalue weighted by Crippen LogP contribution is 2.30. The topological polar surface area (TPSA) is 85.8 Å². The van der Waals surface area contributed by atoms with E-state index in [0.29, 0.717) is 6.54 Å². The molecule has 0 radical (unpaired) electrons. The van der Waals surface area contributed by atoms with Crippen molar-refractivity contribution in [2.45, 2.75) is 78.7 Å². The van der Waals surface area contributed by atoms with Gasteiger partial charge in [0.15, 0.2) is 0 Å². The number of carbonyl (C=O) groups excluding carboxylic acids is 2. The van der Waals surface area contributed by atoms with Crippen LogP contribution in [0, 0.1) is 12.3 Å². The number of amides is 2. The van der Waals surface area contributed by atoms with Gasteiger partial charge >= 0.3 is 0 Å². The average Bonchev–Trinajstić information content (AvgIpc) is 3.36. The summed E-state index contributed by atoms with van der Waals surface area (Å²) in [5, 5.41) is 13.3. The van der Waals surface area contributed by atoms with Gasteiger partial charge in [-0.2, -0.15) is 0 Å². The van der Waals surface area contributed by atoms with E-state index in [1.165, 1.54) is 0 Å². The molecule has 3 atom stereocenters. The van der Waals surface area contributed by atoms with Gasteiger partial charge in [-0.15, -0.1) is 11.3 Å². The van der Waals surface area contributed by atoms with Crippen molar-refractivity contribution in [3.05, 3.63) is 41.0 Å². The minimum atomic E-state index is -0.702. The first-order chi connectivity index (χ1) is 15.9. The molecule has 0 unspecified atom stereocenters. The predicted octanol–water partition coefficient (Wildman–Crippen LogP) is 3.45. The number of nitrogens with zero attached hydrogens (tertiary/aromatic N) is 3. The van der Waals surface area contributed by atoms with E-state index in [1.54, 1.807) is 16.2 Å². The SMILES string of the molecule is Cc1ncsc1-c1ccc(CNC(=O)[C@@H]2C[C@@H](O)CN2C(=O)[C@@H](N(C)C(C)C)C(C)(C)C)cc1. The van der Waals surface area contributed by atoms with Crippen molar-refractivity contribution in [2.75, 3.05) is 13.6 Å². The van der Waals surface area contributed by atoms with Gasteiger partial charge in [0.1, 0.15) is 6.04 Å². The normalized spacial score (nSPS) is 19.6. The smallest absolute Gasteiger partial charge is 0.243 e. The molecule has 2 N–H and O–H groups in total. The largest absolute Gasteiger partial charge is 0.391 e. The molecule has 1 aliphatic rings. The van der Waals surface area contributed by atoms with Gasteiger partial charge in [-0.25, -0.2) is 4.98 Å². The summed E-state index contributed by atoms with van der Waals surface area (Å²) in [5.74, 6) is -0.336. The van der Waals surface area contributed by atoms with Gasteiger partial charge in [-0.1, -0.05) is 45.0 Å².